The highest BCUT2D eigenvalue weighted by Gasteiger charge is 2.16. The van der Waals surface area contributed by atoms with Crippen LogP contribution in [0.5, 0.6) is 11.5 Å². The average Bonchev–Trinajstić information content (AvgIpc) is 2.73. The number of hydrogen-bond acceptors (Lipinski definition) is 6. The van der Waals surface area contributed by atoms with Crippen molar-refractivity contribution < 1.29 is 23.8 Å². The van der Waals surface area contributed by atoms with Gasteiger partial charge in [-0.25, -0.2) is 4.79 Å². The number of nitrogens with one attached hydrogen (secondary N) is 1. The zero-order valence-electron chi connectivity index (χ0n) is 16.5. The topological polar surface area (TPSA) is 97.6 Å². The molecule has 0 saturated carbocycles. The fraction of sp³-hybridized carbons (Fsp3) is 0.190. The van der Waals surface area contributed by atoms with E-state index in [1.807, 2.05) is 28.7 Å². The van der Waals surface area contributed by atoms with E-state index in [9.17, 15) is 14.9 Å². The van der Waals surface area contributed by atoms with Gasteiger partial charge in [-0.1, -0.05) is 23.2 Å². The molecule has 0 heterocycles. The number of rotatable bonds is 8. The first-order valence-corrected chi connectivity index (χ1v) is 10.7. The number of halogens is 3. The molecule has 0 radical (unpaired) electrons. The van der Waals surface area contributed by atoms with Crippen molar-refractivity contribution in [3.05, 3.63) is 55.1 Å². The van der Waals surface area contributed by atoms with Gasteiger partial charge in [0.15, 0.2) is 18.1 Å². The van der Waals surface area contributed by atoms with Gasteiger partial charge >= 0.3 is 5.97 Å². The van der Waals surface area contributed by atoms with Crippen LogP contribution in [0.15, 0.2) is 35.9 Å². The highest BCUT2D eigenvalue weighted by molar-refractivity contribution is 14.1. The number of amides is 1. The van der Waals surface area contributed by atoms with Gasteiger partial charge in [-0.3, -0.25) is 4.79 Å². The Kier molecular flexibility index (Phi) is 9.43. The van der Waals surface area contributed by atoms with Crippen LogP contribution in [-0.4, -0.2) is 32.2 Å². The second-order valence-electron chi connectivity index (χ2n) is 5.88. The van der Waals surface area contributed by atoms with Crippen LogP contribution < -0.4 is 14.8 Å². The summed E-state index contributed by atoms with van der Waals surface area (Å²) in [7, 11) is 1.26. The van der Waals surface area contributed by atoms with Crippen molar-refractivity contribution in [3.63, 3.8) is 0 Å². The zero-order valence-corrected chi connectivity index (χ0v) is 20.2. The lowest BCUT2D eigenvalue weighted by Gasteiger charge is -2.14. The summed E-state index contributed by atoms with van der Waals surface area (Å²) in [6.45, 7) is 1.86. The third kappa shape index (κ3) is 7.02. The molecule has 2 rings (SSSR count). The average molecular weight is 575 g/mol. The number of anilines is 1. The maximum absolute atomic E-state index is 12.5. The highest BCUT2D eigenvalue weighted by Crippen LogP contribution is 2.35. The van der Waals surface area contributed by atoms with Crippen molar-refractivity contribution in [2.45, 2.75) is 6.92 Å². The molecule has 0 aromatic heterocycles. The smallest absolute Gasteiger partial charge is 0.343 e. The van der Waals surface area contributed by atoms with E-state index in [1.165, 1.54) is 19.3 Å². The number of esters is 1. The van der Waals surface area contributed by atoms with Crippen LogP contribution in [0.2, 0.25) is 10.0 Å². The number of nitrogens with zero attached hydrogens (tertiary/aromatic N) is 1. The molecular formula is C21H17Cl2IN2O5. The van der Waals surface area contributed by atoms with Gasteiger partial charge in [-0.15, -0.1) is 0 Å². The van der Waals surface area contributed by atoms with Crippen molar-refractivity contribution in [2.75, 3.05) is 25.6 Å². The fourth-order valence-corrected chi connectivity index (χ4v) is 3.43. The van der Waals surface area contributed by atoms with Crippen LogP contribution in [0.4, 0.5) is 5.69 Å². The van der Waals surface area contributed by atoms with E-state index < -0.39 is 11.9 Å². The van der Waals surface area contributed by atoms with Crippen molar-refractivity contribution >= 4 is 69.4 Å². The molecule has 0 atom stereocenters. The molecule has 0 aliphatic carbocycles. The summed E-state index contributed by atoms with van der Waals surface area (Å²) >= 11 is 13.8. The van der Waals surface area contributed by atoms with Gasteiger partial charge in [-0.05, 0) is 71.5 Å². The first-order chi connectivity index (χ1) is 14.8. The molecule has 0 aliphatic rings. The van der Waals surface area contributed by atoms with Gasteiger partial charge in [0.05, 0.1) is 27.3 Å². The molecular weight excluding hydrogens is 558 g/mol. The summed E-state index contributed by atoms with van der Waals surface area (Å²) in [6.07, 6.45) is 1.42. The van der Waals surface area contributed by atoms with E-state index in [1.54, 1.807) is 31.2 Å². The summed E-state index contributed by atoms with van der Waals surface area (Å²) in [5, 5.41) is 12.7. The zero-order chi connectivity index (χ0) is 23.0. The van der Waals surface area contributed by atoms with E-state index in [0.717, 1.165) is 0 Å². The molecule has 162 valence electrons. The first-order valence-electron chi connectivity index (χ1n) is 8.83. The Bertz CT molecular complexity index is 1070. The molecule has 7 nitrogen and oxygen atoms in total. The molecule has 0 saturated heterocycles. The number of nitriles is 1. The Labute approximate surface area is 203 Å². The lowest BCUT2D eigenvalue weighted by molar-refractivity contribution is -0.142. The summed E-state index contributed by atoms with van der Waals surface area (Å²) < 4.78 is 16.3. The van der Waals surface area contributed by atoms with Gasteiger partial charge < -0.3 is 19.5 Å². The molecule has 1 amide bonds. The monoisotopic (exact) mass is 574 g/mol. The van der Waals surface area contributed by atoms with E-state index in [0.29, 0.717) is 37.9 Å². The summed E-state index contributed by atoms with van der Waals surface area (Å²) in [4.78, 5) is 23.9. The number of hydrogen-bond donors (Lipinski definition) is 1. The highest BCUT2D eigenvalue weighted by atomic mass is 127. The maximum Gasteiger partial charge on any atom is 0.343 e. The van der Waals surface area contributed by atoms with Gasteiger partial charge in [0, 0.05) is 5.69 Å². The lowest BCUT2D eigenvalue weighted by atomic mass is 10.1. The van der Waals surface area contributed by atoms with Crippen molar-refractivity contribution in [1.82, 2.24) is 0 Å². The molecule has 2 aromatic rings. The number of methoxy groups -OCH3 is 1. The van der Waals surface area contributed by atoms with Gasteiger partial charge in [0.1, 0.15) is 11.6 Å². The van der Waals surface area contributed by atoms with Crippen LogP contribution in [0.1, 0.15) is 12.5 Å². The maximum atomic E-state index is 12.5. The predicted molar refractivity (Wildman–Crippen MR) is 127 cm³/mol. The number of carbonyl (C=O) groups is 2. The second-order valence-corrected chi connectivity index (χ2v) is 7.86. The quantitative estimate of drug-likeness (QED) is 0.204. The van der Waals surface area contributed by atoms with Crippen LogP contribution in [0.3, 0.4) is 0 Å². The van der Waals surface area contributed by atoms with Gasteiger partial charge in [0.25, 0.3) is 5.91 Å². The minimum atomic E-state index is -0.611. The summed E-state index contributed by atoms with van der Waals surface area (Å²) in [5.41, 5.74) is 0.809. The minimum absolute atomic E-state index is 0.132. The SMILES string of the molecule is CCOc1cc(/C=C(\C#N)C(=O)Nc2ccc(Cl)c(Cl)c2)cc(I)c1OCC(=O)OC. The molecule has 0 bridgehead atoms. The fourth-order valence-electron chi connectivity index (χ4n) is 2.35. The molecule has 0 spiro atoms. The van der Waals surface area contributed by atoms with Crippen molar-refractivity contribution in [3.8, 4) is 17.6 Å². The molecule has 2 aromatic carbocycles. The van der Waals surface area contributed by atoms with E-state index in [2.05, 4.69) is 10.1 Å². The van der Waals surface area contributed by atoms with Crippen LogP contribution in [0.25, 0.3) is 6.08 Å². The largest absolute Gasteiger partial charge is 0.490 e. The van der Waals surface area contributed by atoms with E-state index in [-0.39, 0.29) is 17.2 Å². The second kappa shape index (κ2) is 11.8. The van der Waals surface area contributed by atoms with E-state index in [4.69, 9.17) is 32.7 Å². The Morgan fingerprint density at radius 3 is 2.55 bits per heavy atom. The van der Waals surface area contributed by atoms with E-state index >= 15 is 0 Å². The minimum Gasteiger partial charge on any atom is -0.490 e. The number of ether oxygens (including phenoxy) is 3. The van der Waals surface area contributed by atoms with Crippen LogP contribution >= 0.6 is 45.8 Å². The Balaban J connectivity index is 2.31. The van der Waals surface area contributed by atoms with Crippen LogP contribution in [-0.2, 0) is 14.3 Å². The van der Waals surface area contributed by atoms with Crippen molar-refractivity contribution in [2.24, 2.45) is 0 Å². The standard InChI is InChI=1S/C21H17Cl2IN2O5/c1-3-30-18-8-12(7-17(24)20(18)31-11-19(27)29-2)6-13(10-25)21(28)26-14-4-5-15(22)16(23)9-14/h4-9H,3,11H2,1-2H3,(H,26,28)/b13-6+. The third-order valence-corrected chi connectivity index (χ3v) is 5.29. The van der Waals surface area contributed by atoms with Crippen LogP contribution in [0, 0.1) is 14.9 Å². The Morgan fingerprint density at radius 1 is 1.19 bits per heavy atom. The molecule has 10 heteroatoms. The number of benzene rings is 2. The molecule has 1 N–H and O–H groups in total. The van der Waals surface area contributed by atoms with Gasteiger partial charge in [0.2, 0.25) is 0 Å². The molecule has 0 fully saturated rings. The summed E-state index contributed by atoms with van der Waals surface area (Å²) in [5.74, 6) is -0.414. The lowest BCUT2D eigenvalue weighted by Crippen LogP contribution is -2.14. The first kappa shape index (κ1) is 24.8. The Hall–Kier alpha value is -2.48. The normalized spacial score (nSPS) is 10.8. The Morgan fingerprint density at radius 2 is 1.94 bits per heavy atom. The molecule has 0 unspecified atom stereocenters. The summed E-state index contributed by atoms with van der Waals surface area (Å²) in [6, 6.07) is 9.79. The molecule has 0 aliphatic heterocycles. The predicted octanol–water partition coefficient (Wildman–Crippen LogP) is 5.09. The van der Waals surface area contributed by atoms with Gasteiger partial charge in [-0.2, -0.15) is 5.26 Å². The van der Waals surface area contributed by atoms with Crippen molar-refractivity contribution in [1.29, 1.82) is 5.26 Å². The third-order valence-electron chi connectivity index (χ3n) is 3.75. The number of carbonyl (C=O) groups excluding carboxylic acids is 2. The molecule has 31 heavy (non-hydrogen) atoms.